The van der Waals surface area contributed by atoms with Gasteiger partial charge in [-0.1, -0.05) is 6.42 Å². The number of hydrogen-bond acceptors (Lipinski definition) is 2. The lowest BCUT2D eigenvalue weighted by Gasteiger charge is -2.38. The number of nitrogens with zero attached hydrogens (tertiary/aromatic N) is 1. The Morgan fingerprint density at radius 2 is 2.07 bits per heavy atom. The van der Waals surface area contributed by atoms with Gasteiger partial charge in [-0.3, -0.25) is 4.79 Å². The second kappa shape index (κ2) is 3.89. The first-order valence-corrected chi connectivity index (χ1v) is 5.76. The third-order valence-electron chi connectivity index (χ3n) is 3.67. The molecule has 80 valence electrons. The van der Waals surface area contributed by atoms with Crippen molar-refractivity contribution in [1.82, 2.24) is 4.90 Å². The van der Waals surface area contributed by atoms with Crippen LogP contribution in [0.2, 0.25) is 0 Å². The molecular formula is C11H20N2O. The molecule has 2 rings (SSSR count). The third-order valence-corrected chi connectivity index (χ3v) is 3.67. The summed E-state index contributed by atoms with van der Waals surface area (Å²) >= 11 is 0. The van der Waals surface area contributed by atoms with Crippen molar-refractivity contribution in [3.05, 3.63) is 0 Å². The molecular weight excluding hydrogens is 176 g/mol. The first-order chi connectivity index (χ1) is 6.70. The van der Waals surface area contributed by atoms with Crippen LogP contribution in [0.5, 0.6) is 0 Å². The standard InChI is InChI=1S/C11H20N2O/c1-8(12)11(14)13-7-3-5-9-4-2-6-10(9)13/h8-10H,2-7,12H2,1H3/t8-,9+,10+/m0/s1. The fraction of sp³-hybridized carbons (Fsp3) is 0.909. The van der Waals surface area contributed by atoms with Gasteiger partial charge in [-0.15, -0.1) is 0 Å². The van der Waals surface area contributed by atoms with E-state index in [1.165, 1.54) is 32.1 Å². The van der Waals surface area contributed by atoms with Gasteiger partial charge >= 0.3 is 0 Å². The number of carbonyl (C=O) groups excluding carboxylic acids is 1. The first kappa shape index (κ1) is 9.97. The van der Waals surface area contributed by atoms with Gasteiger partial charge < -0.3 is 10.6 Å². The Morgan fingerprint density at radius 1 is 1.36 bits per heavy atom. The second-order valence-electron chi connectivity index (χ2n) is 4.72. The summed E-state index contributed by atoms with van der Waals surface area (Å²) in [5.41, 5.74) is 5.66. The van der Waals surface area contributed by atoms with E-state index in [4.69, 9.17) is 5.73 Å². The van der Waals surface area contributed by atoms with Crippen LogP contribution in [0.15, 0.2) is 0 Å². The Kier molecular flexibility index (Phi) is 2.77. The molecule has 0 spiro atoms. The van der Waals surface area contributed by atoms with Crippen molar-refractivity contribution < 1.29 is 4.79 Å². The minimum absolute atomic E-state index is 0.154. The second-order valence-corrected chi connectivity index (χ2v) is 4.72. The lowest BCUT2D eigenvalue weighted by Crippen LogP contribution is -2.51. The summed E-state index contributed by atoms with van der Waals surface area (Å²) in [6.07, 6.45) is 6.28. The molecule has 1 heterocycles. The van der Waals surface area contributed by atoms with Crippen molar-refractivity contribution in [1.29, 1.82) is 0 Å². The van der Waals surface area contributed by atoms with Gasteiger partial charge in [0.1, 0.15) is 0 Å². The van der Waals surface area contributed by atoms with Crippen LogP contribution in [0.3, 0.4) is 0 Å². The Labute approximate surface area is 85.6 Å². The topological polar surface area (TPSA) is 46.3 Å². The van der Waals surface area contributed by atoms with E-state index in [-0.39, 0.29) is 11.9 Å². The van der Waals surface area contributed by atoms with Crippen LogP contribution in [-0.2, 0) is 4.79 Å². The molecule has 0 unspecified atom stereocenters. The maximum absolute atomic E-state index is 11.8. The van der Waals surface area contributed by atoms with Gasteiger partial charge in [-0.2, -0.15) is 0 Å². The highest BCUT2D eigenvalue weighted by molar-refractivity contribution is 5.81. The van der Waals surface area contributed by atoms with Gasteiger partial charge in [0.25, 0.3) is 0 Å². The van der Waals surface area contributed by atoms with Gasteiger partial charge in [0, 0.05) is 12.6 Å². The molecule has 1 saturated heterocycles. The van der Waals surface area contributed by atoms with Crippen LogP contribution in [0.25, 0.3) is 0 Å². The highest BCUT2D eigenvalue weighted by Crippen LogP contribution is 2.36. The highest BCUT2D eigenvalue weighted by Gasteiger charge is 2.37. The van der Waals surface area contributed by atoms with Gasteiger partial charge in [-0.05, 0) is 38.5 Å². The Morgan fingerprint density at radius 3 is 2.79 bits per heavy atom. The molecule has 14 heavy (non-hydrogen) atoms. The van der Waals surface area contributed by atoms with Gasteiger partial charge in [0.15, 0.2) is 0 Å². The number of fused-ring (bicyclic) bond motifs is 1. The minimum Gasteiger partial charge on any atom is -0.338 e. The molecule has 1 aliphatic heterocycles. The molecule has 1 amide bonds. The molecule has 3 atom stereocenters. The van der Waals surface area contributed by atoms with Crippen LogP contribution in [-0.4, -0.2) is 29.4 Å². The fourth-order valence-corrected chi connectivity index (χ4v) is 2.99. The number of nitrogens with two attached hydrogens (primary N) is 1. The number of hydrogen-bond donors (Lipinski definition) is 1. The fourth-order valence-electron chi connectivity index (χ4n) is 2.99. The van der Waals surface area contributed by atoms with Crippen molar-refractivity contribution >= 4 is 5.91 Å². The third kappa shape index (κ3) is 1.65. The van der Waals surface area contributed by atoms with Crippen LogP contribution in [0, 0.1) is 5.92 Å². The largest absolute Gasteiger partial charge is 0.338 e. The molecule has 0 aromatic heterocycles. The lowest BCUT2D eigenvalue weighted by molar-refractivity contribution is -0.136. The van der Waals surface area contributed by atoms with Crippen molar-refractivity contribution in [3.8, 4) is 0 Å². The zero-order valence-electron chi connectivity index (χ0n) is 8.91. The van der Waals surface area contributed by atoms with E-state index >= 15 is 0 Å². The first-order valence-electron chi connectivity index (χ1n) is 5.76. The van der Waals surface area contributed by atoms with E-state index in [2.05, 4.69) is 0 Å². The van der Waals surface area contributed by atoms with Crippen molar-refractivity contribution in [2.24, 2.45) is 11.7 Å². The molecule has 3 heteroatoms. The molecule has 0 aromatic carbocycles. The van der Waals surface area contributed by atoms with Crippen LogP contribution in [0.1, 0.15) is 39.0 Å². The lowest BCUT2D eigenvalue weighted by atomic mass is 9.91. The summed E-state index contributed by atoms with van der Waals surface area (Å²) in [6.45, 7) is 2.72. The molecule has 3 nitrogen and oxygen atoms in total. The summed E-state index contributed by atoms with van der Waals surface area (Å²) in [5, 5.41) is 0. The summed E-state index contributed by atoms with van der Waals surface area (Å²) in [7, 11) is 0. The van der Waals surface area contributed by atoms with Gasteiger partial charge in [0.2, 0.25) is 5.91 Å². The smallest absolute Gasteiger partial charge is 0.239 e. The van der Waals surface area contributed by atoms with Gasteiger partial charge in [-0.25, -0.2) is 0 Å². The molecule has 2 N–H and O–H groups in total. The predicted octanol–water partition coefficient (Wildman–Crippen LogP) is 1.12. The number of piperidine rings is 1. The Hall–Kier alpha value is -0.570. The van der Waals surface area contributed by atoms with E-state index in [0.29, 0.717) is 6.04 Å². The van der Waals surface area contributed by atoms with E-state index in [1.807, 2.05) is 4.90 Å². The quantitative estimate of drug-likeness (QED) is 0.683. The molecule has 2 aliphatic rings. The molecule has 1 saturated carbocycles. The zero-order valence-corrected chi connectivity index (χ0v) is 8.91. The van der Waals surface area contributed by atoms with Gasteiger partial charge in [0.05, 0.1) is 6.04 Å². The van der Waals surface area contributed by atoms with Crippen LogP contribution < -0.4 is 5.73 Å². The van der Waals surface area contributed by atoms with E-state index < -0.39 is 0 Å². The number of amides is 1. The highest BCUT2D eigenvalue weighted by atomic mass is 16.2. The summed E-state index contributed by atoms with van der Waals surface area (Å²) in [5.74, 6) is 0.924. The average Bonchev–Trinajstić information content (AvgIpc) is 2.63. The minimum atomic E-state index is -0.325. The molecule has 0 aromatic rings. The monoisotopic (exact) mass is 196 g/mol. The predicted molar refractivity (Wildman–Crippen MR) is 55.7 cm³/mol. The normalized spacial score (nSPS) is 34.0. The number of rotatable bonds is 1. The van der Waals surface area contributed by atoms with Crippen molar-refractivity contribution in [2.75, 3.05) is 6.54 Å². The van der Waals surface area contributed by atoms with E-state index in [0.717, 1.165) is 12.5 Å². The average molecular weight is 196 g/mol. The molecule has 0 radical (unpaired) electrons. The van der Waals surface area contributed by atoms with Crippen molar-refractivity contribution in [3.63, 3.8) is 0 Å². The maximum Gasteiger partial charge on any atom is 0.239 e. The summed E-state index contributed by atoms with van der Waals surface area (Å²) in [6, 6.07) is 0.191. The zero-order chi connectivity index (χ0) is 10.1. The van der Waals surface area contributed by atoms with E-state index in [1.54, 1.807) is 6.92 Å². The summed E-state index contributed by atoms with van der Waals surface area (Å²) in [4.78, 5) is 13.9. The SMILES string of the molecule is C[C@H](N)C(=O)N1CCC[C@H]2CCC[C@H]21. The Bertz CT molecular complexity index is 227. The van der Waals surface area contributed by atoms with Crippen LogP contribution in [0.4, 0.5) is 0 Å². The molecule has 0 bridgehead atoms. The van der Waals surface area contributed by atoms with Crippen LogP contribution >= 0.6 is 0 Å². The summed E-state index contributed by atoms with van der Waals surface area (Å²) < 4.78 is 0. The Balaban J connectivity index is 2.06. The van der Waals surface area contributed by atoms with E-state index in [9.17, 15) is 4.79 Å². The van der Waals surface area contributed by atoms with Crippen molar-refractivity contribution in [2.45, 2.75) is 51.1 Å². The number of carbonyl (C=O) groups is 1. The maximum atomic E-state index is 11.8. The molecule has 1 aliphatic carbocycles. The number of likely N-dealkylation sites (tertiary alicyclic amines) is 1. The molecule has 2 fully saturated rings.